The van der Waals surface area contributed by atoms with Crippen LogP contribution in [0.3, 0.4) is 0 Å². The molecule has 0 atom stereocenters. The predicted octanol–water partition coefficient (Wildman–Crippen LogP) is 5.50. The fourth-order valence-electron chi connectivity index (χ4n) is 2.81. The van der Waals surface area contributed by atoms with Crippen LogP contribution in [0.5, 0.6) is 0 Å². The van der Waals surface area contributed by atoms with Crippen molar-refractivity contribution in [2.45, 2.75) is 6.92 Å². The van der Waals surface area contributed by atoms with Gasteiger partial charge >= 0.3 is 5.63 Å². The number of hydrogen-bond acceptors (Lipinski definition) is 3. The lowest BCUT2D eigenvalue weighted by molar-refractivity contribution is 0.564. The molecule has 0 aliphatic heterocycles. The highest BCUT2D eigenvalue weighted by atomic mass is 32.1. The van der Waals surface area contributed by atoms with E-state index in [2.05, 4.69) is 31.2 Å². The quantitative estimate of drug-likeness (QED) is 0.457. The third-order valence-electron chi connectivity index (χ3n) is 3.92. The van der Waals surface area contributed by atoms with Crippen LogP contribution in [-0.2, 0) is 0 Å². The molecule has 112 valence electrons. The van der Waals surface area contributed by atoms with Crippen LogP contribution in [0.15, 0.2) is 75.3 Å². The van der Waals surface area contributed by atoms with Crippen LogP contribution in [0.25, 0.3) is 32.5 Å². The van der Waals surface area contributed by atoms with Gasteiger partial charge in [0, 0.05) is 15.8 Å². The lowest BCUT2D eigenvalue weighted by Gasteiger charge is -2.11. The molecule has 0 unspecified atom stereocenters. The summed E-state index contributed by atoms with van der Waals surface area (Å²) in [7, 11) is 0. The number of hydrogen-bond donors (Lipinski definition) is 0. The van der Waals surface area contributed by atoms with Crippen molar-refractivity contribution >= 4 is 22.3 Å². The van der Waals surface area contributed by atoms with Gasteiger partial charge in [-0.25, -0.2) is 4.79 Å². The Balaban J connectivity index is 2.16. The molecule has 0 aliphatic rings. The number of para-hydroxylation sites is 1. The average Bonchev–Trinajstić information content (AvgIpc) is 3.08. The molecule has 0 N–H and O–H groups in total. The summed E-state index contributed by atoms with van der Waals surface area (Å²) in [6.45, 7) is 2.06. The minimum absolute atomic E-state index is 0.290. The molecule has 0 saturated heterocycles. The van der Waals surface area contributed by atoms with Crippen molar-refractivity contribution in [1.29, 1.82) is 0 Å². The summed E-state index contributed by atoms with van der Waals surface area (Å²) in [6.07, 6.45) is 0. The van der Waals surface area contributed by atoms with Gasteiger partial charge in [-0.05, 0) is 30.0 Å². The van der Waals surface area contributed by atoms with Gasteiger partial charge < -0.3 is 4.42 Å². The van der Waals surface area contributed by atoms with Gasteiger partial charge in [-0.1, -0.05) is 54.1 Å². The average molecular weight is 318 g/mol. The SMILES string of the molecule is Cc1ccc(-c2c(-c3cccs3)c(=O)oc3ccccc23)cc1. The van der Waals surface area contributed by atoms with Gasteiger partial charge in [-0.15, -0.1) is 11.3 Å². The molecule has 2 aromatic heterocycles. The zero-order valence-corrected chi connectivity index (χ0v) is 13.4. The Hall–Kier alpha value is -2.65. The van der Waals surface area contributed by atoms with Crippen LogP contribution in [-0.4, -0.2) is 0 Å². The van der Waals surface area contributed by atoms with Gasteiger partial charge in [-0.2, -0.15) is 0 Å². The highest BCUT2D eigenvalue weighted by molar-refractivity contribution is 7.13. The lowest BCUT2D eigenvalue weighted by Crippen LogP contribution is -2.05. The first kappa shape index (κ1) is 14.0. The number of thiophene rings is 1. The summed E-state index contributed by atoms with van der Waals surface area (Å²) >= 11 is 1.55. The Bertz CT molecular complexity index is 1030. The van der Waals surface area contributed by atoms with Gasteiger partial charge in [0.25, 0.3) is 0 Å². The zero-order chi connectivity index (χ0) is 15.8. The first-order valence-electron chi connectivity index (χ1n) is 7.41. The molecule has 2 aromatic carbocycles. The van der Waals surface area contributed by atoms with E-state index in [9.17, 15) is 4.79 Å². The molecule has 0 fully saturated rings. The van der Waals surface area contributed by atoms with E-state index in [4.69, 9.17) is 4.42 Å². The van der Waals surface area contributed by atoms with Crippen molar-refractivity contribution in [1.82, 2.24) is 0 Å². The number of fused-ring (bicyclic) bond motifs is 1. The van der Waals surface area contributed by atoms with E-state index in [1.165, 1.54) is 5.56 Å². The Morgan fingerprint density at radius 3 is 2.39 bits per heavy atom. The van der Waals surface area contributed by atoms with Gasteiger partial charge in [0.2, 0.25) is 0 Å². The molecule has 0 bridgehead atoms. The van der Waals surface area contributed by atoms with Gasteiger partial charge in [0.15, 0.2) is 0 Å². The minimum atomic E-state index is -0.290. The molecule has 0 spiro atoms. The van der Waals surface area contributed by atoms with E-state index in [1.807, 2.05) is 41.8 Å². The summed E-state index contributed by atoms with van der Waals surface area (Å²) in [4.78, 5) is 13.6. The smallest absolute Gasteiger partial charge is 0.345 e. The van der Waals surface area contributed by atoms with Gasteiger partial charge in [0.1, 0.15) is 5.58 Å². The normalized spacial score (nSPS) is 11.0. The number of benzene rings is 2. The highest BCUT2D eigenvalue weighted by Crippen LogP contribution is 2.37. The second-order valence-electron chi connectivity index (χ2n) is 5.48. The van der Waals surface area contributed by atoms with Gasteiger partial charge in [0.05, 0.1) is 5.56 Å². The third-order valence-corrected chi connectivity index (χ3v) is 4.81. The Morgan fingerprint density at radius 1 is 0.870 bits per heavy atom. The summed E-state index contributed by atoms with van der Waals surface area (Å²) in [5.41, 5.74) is 4.14. The second-order valence-corrected chi connectivity index (χ2v) is 6.43. The van der Waals surface area contributed by atoms with Crippen LogP contribution in [0.4, 0.5) is 0 Å². The van der Waals surface area contributed by atoms with Crippen LogP contribution in [0.2, 0.25) is 0 Å². The molecule has 2 heterocycles. The van der Waals surface area contributed by atoms with Gasteiger partial charge in [-0.3, -0.25) is 0 Å². The molecule has 0 amide bonds. The topological polar surface area (TPSA) is 30.2 Å². The molecule has 3 heteroatoms. The fraction of sp³-hybridized carbons (Fsp3) is 0.0500. The summed E-state index contributed by atoms with van der Waals surface area (Å²) in [6, 6.07) is 19.9. The van der Waals surface area contributed by atoms with E-state index >= 15 is 0 Å². The largest absolute Gasteiger partial charge is 0.422 e. The zero-order valence-electron chi connectivity index (χ0n) is 12.6. The lowest BCUT2D eigenvalue weighted by atomic mass is 9.95. The van der Waals surface area contributed by atoms with Crippen molar-refractivity contribution in [2.24, 2.45) is 0 Å². The van der Waals surface area contributed by atoms with Crippen LogP contribution in [0, 0.1) is 6.92 Å². The molecular weight excluding hydrogens is 304 g/mol. The number of aryl methyl sites for hydroxylation is 1. The molecule has 2 nitrogen and oxygen atoms in total. The maximum absolute atomic E-state index is 12.6. The summed E-state index contributed by atoms with van der Waals surface area (Å²) in [5, 5.41) is 2.93. The Kier molecular flexibility index (Phi) is 3.36. The minimum Gasteiger partial charge on any atom is -0.422 e. The highest BCUT2D eigenvalue weighted by Gasteiger charge is 2.18. The standard InChI is InChI=1S/C20H14O2S/c1-13-8-10-14(11-9-13)18-15-5-2-3-6-16(15)22-20(21)19(18)17-7-4-12-23-17/h2-12H,1H3. The monoisotopic (exact) mass is 318 g/mol. The van der Waals surface area contributed by atoms with Crippen molar-refractivity contribution in [3.05, 3.63) is 82.0 Å². The van der Waals surface area contributed by atoms with Crippen molar-refractivity contribution in [2.75, 3.05) is 0 Å². The van der Waals surface area contributed by atoms with Crippen LogP contribution in [0.1, 0.15) is 5.56 Å². The maximum Gasteiger partial charge on any atom is 0.345 e. The Labute approximate surface area is 137 Å². The van der Waals surface area contributed by atoms with E-state index < -0.39 is 0 Å². The van der Waals surface area contributed by atoms with Crippen LogP contribution < -0.4 is 5.63 Å². The molecule has 0 aliphatic carbocycles. The first-order valence-corrected chi connectivity index (χ1v) is 8.29. The van der Waals surface area contributed by atoms with Crippen molar-refractivity contribution in [3.63, 3.8) is 0 Å². The molecular formula is C20H14O2S. The van der Waals surface area contributed by atoms with E-state index in [-0.39, 0.29) is 5.63 Å². The summed E-state index contributed by atoms with van der Waals surface area (Å²) < 4.78 is 5.55. The molecule has 0 saturated carbocycles. The molecule has 4 rings (SSSR count). The van der Waals surface area contributed by atoms with E-state index in [1.54, 1.807) is 11.3 Å². The van der Waals surface area contributed by atoms with Crippen molar-refractivity contribution < 1.29 is 4.42 Å². The predicted molar refractivity (Wildman–Crippen MR) is 96.0 cm³/mol. The second kappa shape index (κ2) is 5.52. The first-order chi connectivity index (χ1) is 11.2. The molecule has 0 radical (unpaired) electrons. The molecule has 23 heavy (non-hydrogen) atoms. The van der Waals surface area contributed by atoms with Crippen LogP contribution >= 0.6 is 11.3 Å². The molecule has 4 aromatic rings. The number of rotatable bonds is 2. The Morgan fingerprint density at radius 2 is 1.65 bits per heavy atom. The fourth-order valence-corrected chi connectivity index (χ4v) is 3.58. The maximum atomic E-state index is 12.6. The van der Waals surface area contributed by atoms with Crippen molar-refractivity contribution in [3.8, 4) is 21.6 Å². The summed E-state index contributed by atoms with van der Waals surface area (Å²) in [5.74, 6) is 0. The van der Waals surface area contributed by atoms with E-state index in [0.717, 1.165) is 21.4 Å². The van der Waals surface area contributed by atoms with E-state index in [0.29, 0.717) is 11.1 Å². The third kappa shape index (κ3) is 2.39.